The quantitative estimate of drug-likeness (QED) is 0.763. The van der Waals surface area contributed by atoms with Gasteiger partial charge < -0.3 is 5.32 Å². The summed E-state index contributed by atoms with van der Waals surface area (Å²) in [5.41, 5.74) is 2.72. The van der Waals surface area contributed by atoms with Gasteiger partial charge >= 0.3 is 0 Å². The van der Waals surface area contributed by atoms with Gasteiger partial charge in [0.1, 0.15) is 0 Å². The molecule has 0 unspecified atom stereocenters. The van der Waals surface area contributed by atoms with Gasteiger partial charge in [0.15, 0.2) is 6.17 Å². The van der Waals surface area contributed by atoms with Crippen LogP contribution in [0.3, 0.4) is 0 Å². The molecule has 1 aliphatic rings. The van der Waals surface area contributed by atoms with E-state index in [1.807, 2.05) is 19.1 Å². The molecule has 1 aliphatic heterocycles. The molecule has 1 aromatic heterocycles. The van der Waals surface area contributed by atoms with Gasteiger partial charge in [0.25, 0.3) is 5.91 Å². The van der Waals surface area contributed by atoms with Gasteiger partial charge in [-0.05, 0) is 19.1 Å². The lowest BCUT2D eigenvalue weighted by Crippen LogP contribution is -2.40. The number of aryl methyl sites for hydroxylation is 2. The lowest BCUT2D eigenvalue weighted by Gasteiger charge is -2.32. The Balaban J connectivity index is 2.06. The number of nitrogens with zero attached hydrogens (tertiary/aromatic N) is 3. The lowest BCUT2D eigenvalue weighted by atomic mass is 10.1. The Bertz CT molecular complexity index is 650. The third-order valence-electron chi connectivity index (χ3n) is 3.25. The number of aromatic nitrogens is 2. The van der Waals surface area contributed by atoms with Gasteiger partial charge in [-0.25, -0.2) is 0 Å². The number of para-hydroxylation sites is 1. The van der Waals surface area contributed by atoms with Crippen molar-refractivity contribution in [3.8, 4) is 0 Å². The van der Waals surface area contributed by atoms with Gasteiger partial charge in [-0.3, -0.25) is 14.7 Å². The van der Waals surface area contributed by atoms with Gasteiger partial charge in [-0.1, -0.05) is 12.1 Å². The summed E-state index contributed by atoms with van der Waals surface area (Å²) < 4.78 is 1.66. The van der Waals surface area contributed by atoms with E-state index in [4.69, 9.17) is 0 Å². The highest BCUT2D eigenvalue weighted by Crippen LogP contribution is 2.32. The Hall–Kier alpha value is -2.34. The molecule has 1 atom stereocenters. The molecule has 0 bridgehead atoms. The molecule has 3 rings (SSSR count). The van der Waals surface area contributed by atoms with E-state index in [0.29, 0.717) is 16.3 Å². The van der Waals surface area contributed by atoms with Crippen molar-refractivity contribution in [2.24, 2.45) is 7.05 Å². The summed E-state index contributed by atoms with van der Waals surface area (Å²) in [5, 5.41) is 18.1. The zero-order valence-corrected chi connectivity index (χ0v) is 10.7. The number of rotatable bonds is 1. The molecule has 0 saturated carbocycles. The van der Waals surface area contributed by atoms with E-state index in [1.54, 1.807) is 30.1 Å². The molecule has 6 heteroatoms. The molecule has 1 amide bonds. The number of hydrogen-bond donors (Lipinski definition) is 2. The van der Waals surface area contributed by atoms with Gasteiger partial charge in [-0.15, -0.1) is 0 Å². The standard InChI is InChI=1S/C13H14N4O2/c1-8-10(7-16(2)15-8)12-14-11-6-4-3-5-9(11)13(18)17(12)19/h3-7,12,14,19H,1-2H3/t12-/m1/s1. The van der Waals surface area contributed by atoms with Crippen LogP contribution in [-0.2, 0) is 7.05 Å². The number of amides is 1. The van der Waals surface area contributed by atoms with E-state index in [1.165, 1.54) is 0 Å². The highest BCUT2D eigenvalue weighted by Gasteiger charge is 2.33. The van der Waals surface area contributed by atoms with Crippen LogP contribution < -0.4 is 5.32 Å². The van der Waals surface area contributed by atoms with Gasteiger partial charge in [0, 0.05) is 24.5 Å². The molecule has 19 heavy (non-hydrogen) atoms. The fraction of sp³-hybridized carbons (Fsp3) is 0.231. The number of carbonyl (C=O) groups excluding carboxylic acids is 1. The van der Waals surface area contributed by atoms with Crippen LogP contribution in [0.5, 0.6) is 0 Å². The Labute approximate surface area is 110 Å². The molecule has 1 aromatic carbocycles. The molecular weight excluding hydrogens is 244 g/mol. The fourth-order valence-electron chi connectivity index (χ4n) is 2.34. The Kier molecular flexibility index (Phi) is 2.53. The number of nitrogens with one attached hydrogen (secondary N) is 1. The molecule has 2 N–H and O–H groups in total. The maximum Gasteiger partial charge on any atom is 0.281 e. The van der Waals surface area contributed by atoms with Crippen molar-refractivity contribution in [2.45, 2.75) is 13.1 Å². The van der Waals surface area contributed by atoms with Crippen LogP contribution in [0.25, 0.3) is 0 Å². The summed E-state index contributed by atoms with van der Waals surface area (Å²) in [6, 6.07) is 7.11. The topological polar surface area (TPSA) is 70.4 Å². The summed E-state index contributed by atoms with van der Waals surface area (Å²) in [6.45, 7) is 1.84. The lowest BCUT2D eigenvalue weighted by molar-refractivity contribution is -0.0852. The minimum absolute atomic E-state index is 0.414. The normalized spacial score (nSPS) is 18.2. The minimum Gasteiger partial charge on any atom is -0.359 e. The van der Waals surface area contributed by atoms with Crippen LogP contribution in [-0.4, -0.2) is 26.0 Å². The van der Waals surface area contributed by atoms with Crippen molar-refractivity contribution in [1.82, 2.24) is 14.8 Å². The first-order valence-electron chi connectivity index (χ1n) is 5.96. The summed E-state index contributed by atoms with van der Waals surface area (Å²) in [6.07, 6.45) is 1.17. The van der Waals surface area contributed by atoms with E-state index >= 15 is 0 Å². The number of benzene rings is 1. The number of hydroxylamine groups is 2. The highest BCUT2D eigenvalue weighted by molar-refractivity contribution is 6.01. The highest BCUT2D eigenvalue weighted by atomic mass is 16.5. The van der Waals surface area contributed by atoms with E-state index in [2.05, 4.69) is 10.4 Å². The van der Waals surface area contributed by atoms with Crippen LogP contribution in [0.4, 0.5) is 5.69 Å². The SMILES string of the molecule is Cc1nn(C)cc1[C@@H]1Nc2ccccc2C(=O)N1O. The second kappa shape index (κ2) is 4.10. The molecule has 2 heterocycles. The fourth-order valence-corrected chi connectivity index (χ4v) is 2.34. The van der Waals surface area contributed by atoms with Crippen LogP contribution in [0.1, 0.15) is 27.8 Å². The third kappa shape index (κ3) is 1.77. The first-order valence-corrected chi connectivity index (χ1v) is 5.96. The number of hydrogen-bond acceptors (Lipinski definition) is 4. The summed E-state index contributed by atoms with van der Waals surface area (Å²) in [5.74, 6) is -0.414. The Morgan fingerprint density at radius 2 is 2.11 bits per heavy atom. The van der Waals surface area contributed by atoms with Crippen molar-refractivity contribution >= 4 is 11.6 Å². The second-order valence-electron chi connectivity index (χ2n) is 4.59. The van der Waals surface area contributed by atoms with Crippen LogP contribution >= 0.6 is 0 Å². The van der Waals surface area contributed by atoms with Gasteiger partial charge in [0.05, 0.1) is 11.3 Å². The number of fused-ring (bicyclic) bond motifs is 1. The molecular formula is C13H14N4O2. The van der Waals surface area contributed by atoms with E-state index < -0.39 is 12.1 Å². The number of carbonyl (C=O) groups is 1. The van der Waals surface area contributed by atoms with Gasteiger partial charge in [-0.2, -0.15) is 10.2 Å². The van der Waals surface area contributed by atoms with Crippen molar-refractivity contribution in [3.05, 3.63) is 47.3 Å². The summed E-state index contributed by atoms with van der Waals surface area (Å²) in [4.78, 5) is 12.1. The molecule has 0 saturated heterocycles. The van der Waals surface area contributed by atoms with E-state index in [9.17, 15) is 10.0 Å². The predicted molar refractivity (Wildman–Crippen MR) is 68.7 cm³/mol. The molecule has 0 spiro atoms. The molecule has 0 fully saturated rings. The predicted octanol–water partition coefficient (Wildman–Crippen LogP) is 1.68. The molecule has 0 aliphatic carbocycles. The summed E-state index contributed by atoms with van der Waals surface area (Å²) in [7, 11) is 1.80. The molecule has 98 valence electrons. The zero-order chi connectivity index (χ0) is 13.6. The molecule has 2 aromatic rings. The van der Waals surface area contributed by atoms with Gasteiger partial charge in [0.2, 0.25) is 0 Å². The van der Waals surface area contributed by atoms with Crippen LogP contribution in [0, 0.1) is 6.92 Å². The monoisotopic (exact) mass is 258 g/mol. The second-order valence-corrected chi connectivity index (χ2v) is 4.59. The Morgan fingerprint density at radius 1 is 1.37 bits per heavy atom. The van der Waals surface area contributed by atoms with Crippen LogP contribution in [0.2, 0.25) is 0 Å². The van der Waals surface area contributed by atoms with Crippen molar-refractivity contribution in [3.63, 3.8) is 0 Å². The third-order valence-corrected chi connectivity index (χ3v) is 3.25. The maximum absolute atomic E-state index is 12.1. The molecule has 6 nitrogen and oxygen atoms in total. The van der Waals surface area contributed by atoms with Crippen LogP contribution in [0.15, 0.2) is 30.5 Å². The average Bonchev–Trinajstić information content (AvgIpc) is 2.73. The zero-order valence-electron chi connectivity index (χ0n) is 10.7. The first kappa shape index (κ1) is 11.7. The first-order chi connectivity index (χ1) is 9.08. The Morgan fingerprint density at radius 3 is 2.79 bits per heavy atom. The van der Waals surface area contributed by atoms with Crippen molar-refractivity contribution in [2.75, 3.05) is 5.32 Å². The van der Waals surface area contributed by atoms with Crippen molar-refractivity contribution in [1.29, 1.82) is 0 Å². The van der Waals surface area contributed by atoms with E-state index in [0.717, 1.165) is 11.3 Å². The average molecular weight is 258 g/mol. The smallest absolute Gasteiger partial charge is 0.281 e. The number of anilines is 1. The minimum atomic E-state index is -0.615. The van der Waals surface area contributed by atoms with Crippen molar-refractivity contribution < 1.29 is 10.0 Å². The largest absolute Gasteiger partial charge is 0.359 e. The van der Waals surface area contributed by atoms with E-state index in [-0.39, 0.29) is 0 Å². The molecule has 0 radical (unpaired) electrons. The maximum atomic E-state index is 12.1. The summed E-state index contributed by atoms with van der Waals surface area (Å²) >= 11 is 0.